The molecule has 1 N–H and O–H groups in total. The number of nitrogens with zero attached hydrogens (tertiary/aromatic N) is 5. The number of pyridine rings is 1. The molecule has 2 fully saturated rings. The molecule has 1 saturated carbocycles. The van der Waals surface area contributed by atoms with Gasteiger partial charge in [0.05, 0.1) is 7.11 Å². The van der Waals surface area contributed by atoms with Crippen molar-refractivity contribution >= 4 is 11.8 Å². The lowest BCUT2D eigenvalue weighted by molar-refractivity contribution is 0.194. The summed E-state index contributed by atoms with van der Waals surface area (Å²) in [6.07, 6.45) is 4.04. The fraction of sp³-hybridized carbons (Fsp3) is 0.391. The Morgan fingerprint density at radius 1 is 1.12 bits per heavy atom. The SMILES string of the molecule is COc1ccc(CNC(=O)N2CCN(c3ccc(-c4noc(C5CC5)n4)cn3)CC2)cc1. The van der Waals surface area contributed by atoms with Crippen LogP contribution in [0.15, 0.2) is 47.1 Å². The van der Waals surface area contributed by atoms with Gasteiger partial charge in [0.25, 0.3) is 0 Å². The number of amides is 2. The Morgan fingerprint density at radius 3 is 2.56 bits per heavy atom. The fourth-order valence-corrected chi connectivity index (χ4v) is 3.73. The molecule has 9 heteroatoms. The van der Waals surface area contributed by atoms with Gasteiger partial charge in [-0.15, -0.1) is 0 Å². The number of urea groups is 1. The van der Waals surface area contributed by atoms with Crippen molar-refractivity contribution in [1.82, 2.24) is 25.3 Å². The summed E-state index contributed by atoms with van der Waals surface area (Å²) >= 11 is 0. The second kappa shape index (κ2) is 8.86. The van der Waals surface area contributed by atoms with E-state index in [1.165, 1.54) is 0 Å². The van der Waals surface area contributed by atoms with Gasteiger partial charge < -0.3 is 24.4 Å². The van der Waals surface area contributed by atoms with Crippen molar-refractivity contribution in [3.8, 4) is 17.1 Å². The first-order valence-electron chi connectivity index (χ1n) is 10.9. The molecule has 0 unspecified atom stereocenters. The van der Waals surface area contributed by atoms with Gasteiger partial charge in [0.1, 0.15) is 11.6 Å². The second-order valence-electron chi connectivity index (χ2n) is 8.12. The lowest BCUT2D eigenvalue weighted by Gasteiger charge is -2.35. The molecule has 1 aromatic carbocycles. The Labute approximate surface area is 186 Å². The number of hydrogen-bond acceptors (Lipinski definition) is 7. The summed E-state index contributed by atoms with van der Waals surface area (Å²) in [5, 5.41) is 7.06. The van der Waals surface area contributed by atoms with Crippen LogP contribution in [0.1, 0.15) is 30.2 Å². The smallest absolute Gasteiger partial charge is 0.317 e. The number of carbonyl (C=O) groups is 1. The van der Waals surface area contributed by atoms with Crippen molar-refractivity contribution in [2.75, 3.05) is 38.2 Å². The number of anilines is 1. The highest BCUT2D eigenvalue weighted by atomic mass is 16.5. The summed E-state index contributed by atoms with van der Waals surface area (Å²) in [6.45, 7) is 3.25. The lowest BCUT2D eigenvalue weighted by Crippen LogP contribution is -2.51. The Bertz CT molecular complexity index is 1050. The third kappa shape index (κ3) is 4.51. The van der Waals surface area contributed by atoms with Crippen LogP contribution in [0.2, 0.25) is 0 Å². The van der Waals surface area contributed by atoms with Gasteiger partial charge in [0, 0.05) is 50.4 Å². The molecule has 3 heterocycles. The summed E-state index contributed by atoms with van der Waals surface area (Å²) in [5.74, 6) is 3.44. The van der Waals surface area contributed by atoms with Crippen molar-refractivity contribution < 1.29 is 14.1 Å². The predicted molar refractivity (Wildman–Crippen MR) is 119 cm³/mol. The number of ether oxygens (including phenoxy) is 1. The van der Waals surface area contributed by atoms with Crippen molar-refractivity contribution in [3.63, 3.8) is 0 Å². The second-order valence-corrected chi connectivity index (χ2v) is 8.12. The van der Waals surface area contributed by atoms with Gasteiger partial charge in [-0.1, -0.05) is 17.3 Å². The Morgan fingerprint density at radius 2 is 1.91 bits per heavy atom. The first kappa shape index (κ1) is 20.3. The Balaban J connectivity index is 1.11. The van der Waals surface area contributed by atoms with Crippen LogP contribution in [-0.2, 0) is 6.54 Å². The average Bonchev–Trinajstić information content (AvgIpc) is 3.59. The van der Waals surface area contributed by atoms with Gasteiger partial charge in [-0.25, -0.2) is 9.78 Å². The minimum absolute atomic E-state index is 0.0488. The van der Waals surface area contributed by atoms with E-state index in [2.05, 4.69) is 25.3 Å². The van der Waals surface area contributed by atoms with Crippen LogP contribution in [0.5, 0.6) is 5.75 Å². The normalized spacial score (nSPS) is 16.2. The summed E-state index contributed by atoms with van der Waals surface area (Å²) < 4.78 is 10.5. The highest BCUT2D eigenvalue weighted by Crippen LogP contribution is 2.39. The number of methoxy groups -OCH3 is 1. The van der Waals surface area contributed by atoms with E-state index in [-0.39, 0.29) is 6.03 Å². The maximum absolute atomic E-state index is 12.5. The van der Waals surface area contributed by atoms with E-state index in [9.17, 15) is 4.79 Å². The number of piperazine rings is 1. The molecule has 2 amide bonds. The van der Waals surface area contributed by atoms with E-state index < -0.39 is 0 Å². The number of benzene rings is 1. The van der Waals surface area contributed by atoms with E-state index in [0.717, 1.165) is 54.5 Å². The summed E-state index contributed by atoms with van der Waals surface area (Å²) in [6, 6.07) is 11.6. The van der Waals surface area contributed by atoms with E-state index >= 15 is 0 Å². The molecule has 0 bridgehead atoms. The van der Waals surface area contributed by atoms with Crippen LogP contribution >= 0.6 is 0 Å². The van der Waals surface area contributed by atoms with Gasteiger partial charge in [-0.2, -0.15) is 4.98 Å². The van der Waals surface area contributed by atoms with Gasteiger partial charge in [-0.05, 0) is 42.7 Å². The minimum atomic E-state index is -0.0488. The number of nitrogens with one attached hydrogen (secondary N) is 1. The van der Waals surface area contributed by atoms with Crippen LogP contribution in [0.25, 0.3) is 11.4 Å². The van der Waals surface area contributed by atoms with E-state index in [1.54, 1.807) is 13.3 Å². The maximum atomic E-state index is 12.5. The highest BCUT2D eigenvalue weighted by Gasteiger charge is 2.30. The van der Waals surface area contributed by atoms with Gasteiger partial charge in [-0.3, -0.25) is 0 Å². The standard InChI is InChI=1S/C23H26N6O3/c1-31-19-7-2-16(3-8-19)14-25-23(30)29-12-10-28(11-13-29)20-9-6-18(15-24-20)21-26-22(32-27-21)17-4-5-17/h2-3,6-9,15,17H,4-5,10-14H2,1H3,(H,25,30). The Hall–Kier alpha value is -3.62. The summed E-state index contributed by atoms with van der Waals surface area (Å²) in [4.78, 5) is 25.6. The topological polar surface area (TPSA) is 96.6 Å². The van der Waals surface area contributed by atoms with Gasteiger partial charge >= 0.3 is 6.03 Å². The minimum Gasteiger partial charge on any atom is -0.497 e. The molecule has 1 aliphatic carbocycles. The van der Waals surface area contributed by atoms with Gasteiger partial charge in [0.2, 0.25) is 11.7 Å². The first-order chi connectivity index (χ1) is 15.7. The number of hydrogen-bond donors (Lipinski definition) is 1. The first-order valence-corrected chi connectivity index (χ1v) is 10.9. The molecule has 0 atom stereocenters. The zero-order valence-corrected chi connectivity index (χ0v) is 18.0. The van der Waals surface area contributed by atoms with Crippen LogP contribution in [0.3, 0.4) is 0 Å². The average molecular weight is 435 g/mol. The summed E-state index contributed by atoms with van der Waals surface area (Å²) in [7, 11) is 1.64. The molecule has 5 rings (SSSR count). The van der Waals surface area contributed by atoms with Gasteiger partial charge in [0.15, 0.2) is 0 Å². The fourth-order valence-electron chi connectivity index (χ4n) is 3.73. The third-order valence-corrected chi connectivity index (χ3v) is 5.87. The maximum Gasteiger partial charge on any atom is 0.317 e. The molecule has 166 valence electrons. The highest BCUT2D eigenvalue weighted by molar-refractivity contribution is 5.74. The molecular weight excluding hydrogens is 408 g/mol. The van der Waals surface area contributed by atoms with Crippen LogP contribution in [-0.4, -0.2) is 59.3 Å². The molecule has 0 radical (unpaired) electrons. The molecule has 2 aliphatic rings. The molecule has 32 heavy (non-hydrogen) atoms. The summed E-state index contributed by atoms with van der Waals surface area (Å²) in [5.41, 5.74) is 1.88. The molecule has 1 aliphatic heterocycles. The zero-order chi connectivity index (χ0) is 21.9. The lowest BCUT2D eigenvalue weighted by atomic mass is 10.2. The molecule has 9 nitrogen and oxygen atoms in total. The third-order valence-electron chi connectivity index (χ3n) is 5.87. The molecule has 2 aromatic heterocycles. The van der Waals surface area contributed by atoms with Crippen LogP contribution in [0, 0.1) is 0 Å². The largest absolute Gasteiger partial charge is 0.497 e. The van der Waals surface area contributed by atoms with E-state index in [4.69, 9.17) is 9.26 Å². The number of carbonyl (C=O) groups excluding carboxylic acids is 1. The van der Waals surface area contributed by atoms with E-state index in [1.807, 2.05) is 41.3 Å². The monoisotopic (exact) mass is 434 g/mol. The predicted octanol–water partition coefficient (Wildman–Crippen LogP) is 3.05. The quantitative estimate of drug-likeness (QED) is 0.637. The Kier molecular flexibility index (Phi) is 5.62. The van der Waals surface area contributed by atoms with Crippen molar-refractivity contribution in [2.24, 2.45) is 0 Å². The van der Waals surface area contributed by atoms with Crippen LogP contribution < -0.4 is 15.0 Å². The van der Waals surface area contributed by atoms with Crippen LogP contribution in [0.4, 0.5) is 10.6 Å². The molecular formula is C23H26N6O3. The van der Waals surface area contributed by atoms with Crippen molar-refractivity contribution in [3.05, 3.63) is 54.0 Å². The molecule has 1 saturated heterocycles. The number of rotatable bonds is 6. The van der Waals surface area contributed by atoms with Crippen molar-refractivity contribution in [2.45, 2.75) is 25.3 Å². The zero-order valence-electron chi connectivity index (χ0n) is 18.0. The number of aromatic nitrogens is 3. The molecule has 0 spiro atoms. The van der Waals surface area contributed by atoms with Crippen molar-refractivity contribution in [1.29, 1.82) is 0 Å². The van der Waals surface area contributed by atoms with E-state index in [0.29, 0.717) is 31.4 Å². The molecule has 3 aromatic rings.